The minimum Gasteiger partial charge on any atom is -0.486 e. The van der Waals surface area contributed by atoms with E-state index >= 15 is 0 Å². The standard InChI is InChI=1S/C14H20N2O4S.ClH/c1-10-9-11(5-6-15-10)16-21(17,18)13-4-2-3-12-14(13)20-8-7-19-12;/h2-4,10-11,15-16H,5-9H2,1H3;1H. The number of sulfonamides is 1. The molecule has 0 spiro atoms. The molecule has 0 aromatic heterocycles. The number of para-hydroxylation sites is 1. The van der Waals surface area contributed by atoms with Gasteiger partial charge in [-0.15, -0.1) is 12.4 Å². The first-order valence-corrected chi connectivity index (χ1v) is 8.69. The summed E-state index contributed by atoms with van der Waals surface area (Å²) < 4.78 is 38.9. The first-order valence-electron chi connectivity index (χ1n) is 7.20. The van der Waals surface area contributed by atoms with E-state index in [2.05, 4.69) is 17.0 Å². The average molecular weight is 349 g/mol. The first kappa shape index (κ1) is 17.3. The number of fused-ring (bicyclic) bond motifs is 1. The highest BCUT2D eigenvalue weighted by molar-refractivity contribution is 7.89. The van der Waals surface area contributed by atoms with E-state index in [4.69, 9.17) is 9.47 Å². The highest BCUT2D eigenvalue weighted by Gasteiger charge is 2.29. The molecule has 2 unspecified atom stereocenters. The van der Waals surface area contributed by atoms with Crippen molar-refractivity contribution in [1.29, 1.82) is 0 Å². The molecule has 0 radical (unpaired) electrons. The van der Waals surface area contributed by atoms with Gasteiger partial charge in [-0.1, -0.05) is 6.07 Å². The summed E-state index contributed by atoms with van der Waals surface area (Å²) >= 11 is 0. The van der Waals surface area contributed by atoms with Crippen molar-refractivity contribution < 1.29 is 17.9 Å². The van der Waals surface area contributed by atoms with Crippen LogP contribution in [-0.2, 0) is 10.0 Å². The van der Waals surface area contributed by atoms with E-state index in [0.29, 0.717) is 30.8 Å². The zero-order valence-electron chi connectivity index (χ0n) is 12.4. The second-order valence-electron chi connectivity index (χ2n) is 5.48. The fraction of sp³-hybridized carbons (Fsp3) is 0.571. The smallest absolute Gasteiger partial charge is 0.244 e. The number of hydrogen-bond acceptors (Lipinski definition) is 5. The fourth-order valence-electron chi connectivity index (χ4n) is 2.78. The molecule has 6 nitrogen and oxygen atoms in total. The van der Waals surface area contributed by atoms with Crippen molar-refractivity contribution >= 4 is 22.4 Å². The maximum Gasteiger partial charge on any atom is 0.244 e. The Morgan fingerprint density at radius 3 is 2.82 bits per heavy atom. The van der Waals surface area contributed by atoms with Gasteiger partial charge in [0.25, 0.3) is 0 Å². The molecule has 1 saturated heterocycles. The molecule has 0 bridgehead atoms. The Kier molecular flexibility index (Phi) is 5.55. The Hall–Kier alpha value is -1.02. The molecule has 0 aliphatic carbocycles. The lowest BCUT2D eigenvalue weighted by Crippen LogP contribution is -2.46. The second-order valence-corrected chi connectivity index (χ2v) is 7.16. The summed E-state index contributed by atoms with van der Waals surface area (Å²) in [6.45, 7) is 3.68. The van der Waals surface area contributed by atoms with Gasteiger partial charge in [-0.2, -0.15) is 0 Å². The maximum absolute atomic E-state index is 12.6. The van der Waals surface area contributed by atoms with Gasteiger partial charge in [-0.3, -0.25) is 0 Å². The molecule has 2 aliphatic heterocycles. The number of nitrogens with one attached hydrogen (secondary N) is 2. The van der Waals surface area contributed by atoms with Crippen LogP contribution in [0.15, 0.2) is 23.1 Å². The summed E-state index contributed by atoms with van der Waals surface area (Å²) in [4.78, 5) is 0.158. The Morgan fingerprint density at radius 1 is 1.27 bits per heavy atom. The summed E-state index contributed by atoms with van der Waals surface area (Å²) in [5, 5.41) is 3.31. The third-order valence-electron chi connectivity index (χ3n) is 3.77. The molecule has 2 aliphatic rings. The maximum atomic E-state index is 12.6. The molecule has 2 heterocycles. The van der Waals surface area contributed by atoms with E-state index in [9.17, 15) is 8.42 Å². The van der Waals surface area contributed by atoms with E-state index in [1.165, 1.54) is 0 Å². The molecule has 0 amide bonds. The van der Waals surface area contributed by atoms with E-state index < -0.39 is 10.0 Å². The van der Waals surface area contributed by atoms with Gasteiger partial charge in [0.15, 0.2) is 11.5 Å². The predicted molar refractivity (Wildman–Crippen MR) is 85.5 cm³/mol. The van der Waals surface area contributed by atoms with Crippen LogP contribution in [0.1, 0.15) is 19.8 Å². The zero-order chi connectivity index (χ0) is 14.9. The molecule has 124 valence electrons. The second kappa shape index (κ2) is 7.04. The minimum absolute atomic E-state index is 0. The highest BCUT2D eigenvalue weighted by Crippen LogP contribution is 2.36. The molecule has 3 rings (SSSR count). The number of piperidine rings is 1. The van der Waals surface area contributed by atoms with E-state index in [1.807, 2.05) is 0 Å². The molecule has 1 fully saturated rings. The molecule has 22 heavy (non-hydrogen) atoms. The van der Waals surface area contributed by atoms with Crippen LogP contribution in [0, 0.1) is 0 Å². The van der Waals surface area contributed by atoms with Gasteiger partial charge in [-0.05, 0) is 38.4 Å². The van der Waals surface area contributed by atoms with Crippen molar-refractivity contribution in [2.75, 3.05) is 19.8 Å². The first-order chi connectivity index (χ1) is 10.1. The van der Waals surface area contributed by atoms with Gasteiger partial charge < -0.3 is 14.8 Å². The van der Waals surface area contributed by atoms with Crippen molar-refractivity contribution in [3.05, 3.63) is 18.2 Å². The SMILES string of the molecule is CC1CC(NS(=O)(=O)c2cccc3c2OCCO3)CCN1.Cl. The van der Waals surface area contributed by atoms with E-state index in [0.717, 1.165) is 19.4 Å². The average Bonchev–Trinajstić information content (AvgIpc) is 2.46. The topological polar surface area (TPSA) is 76.7 Å². The van der Waals surface area contributed by atoms with Crippen LogP contribution in [0.5, 0.6) is 11.5 Å². The van der Waals surface area contributed by atoms with Crippen LogP contribution in [0.4, 0.5) is 0 Å². The van der Waals surface area contributed by atoms with Crippen LogP contribution in [0.3, 0.4) is 0 Å². The molecule has 2 atom stereocenters. The Labute approximate surface area is 137 Å². The van der Waals surface area contributed by atoms with Crippen molar-refractivity contribution in [2.24, 2.45) is 0 Å². The lowest BCUT2D eigenvalue weighted by Gasteiger charge is -2.29. The van der Waals surface area contributed by atoms with E-state index in [1.54, 1.807) is 18.2 Å². The van der Waals surface area contributed by atoms with Crippen molar-refractivity contribution in [3.8, 4) is 11.5 Å². The molecule has 1 aromatic rings. The molecule has 0 saturated carbocycles. The van der Waals surface area contributed by atoms with Crippen molar-refractivity contribution in [1.82, 2.24) is 10.0 Å². The van der Waals surface area contributed by atoms with Gasteiger partial charge in [0.2, 0.25) is 10.0 Å². The number of benzene rings is 1. The molecular formula is C14H21ClN2O4S. The quantitative estimate of drug-likeness (QED) is 0.861. The lowest BCUT2D eigenvalue weighted by atomic mass is 10.0. The van der Waals surface area contributed by atoms with Crippen LogP contribution in [0.2, 0.25) is 0 Å². The number of ether oxygens (including phenoxy) is 2. The number of halogens is 1. The van der Waals surface area contributed by atoms with Crippen LogP contribution >= 0.6 is 12.4 Å². The zero-order valence-corrected chi connectivity index (χ0v) is 14.0. The van der Waals surface area contributed by atoms with Gasteiger partial charge in [0.1, 0.15) is 18.1 Å². The predicted octanol–water partition coefficient (Wildman–Crippen LogP) is 1.30. The fourth-order valence-corrected chi connectivity index (χ4v) is 4.22. The Bertz CT molecular complexity index is 623. The van der Waals surface area contributed by atoms with Gasteiger partial charge in [0, 0.05) is 12.1 Å². The van der Waals surface area contributed by atoms with Crippen LogP contribution < -0.4 is 19.5 Å². The summed E-state index contributed by atoms with van der Waals surface area (Å²) in [5.41, 5.74) is 0. The number of rotatable bonds is 3. The van der Waals surface area contributed by atoms with Gasteiger partial charge in [-0.25, -0.2) is 13.1 Å². The third kappa shape index (κ3) is 3.65. The van der Waals surface area contributed by atoms with Crippen molar-refractivity contribution in [3.63, 3.8) is 0 Å². The van der Waals surface area contributed by atoms with Gasteiger partial charge >= 0.3 is 0 Å². The Morgan fingerprint density at radius 2 is 2.05 bits per heavy atom. The summed E-state index contributed by atoms with van der Waals surface area (Å²) in [7, 11) is -3.61. The van der Waals surface area contributed by atoms with Gasteiger partial charge in [0.05, 0.1) is 0 Å². The largest absolute Gasteiger partial charge is 0.486 e. The summed E-state index contributed by atoms with van der Waals surface area (Å²) in [5.74, 6) is 0.807. The molecule has 2 N–H and O–H groups in total. The van der Waals surface area contributed by atoms with E-state index in [-0.39, 0.29) is 23.3 Å². The van der Waals surface area contributed by atoms with Crippen LogP contribution in [-0.4, -0.2) is 40.3 Å². The highest BCUT2D eigenvalue weighted by atomic mass is 35.5. The summed E-state index contributed by atoms with van der Waals surface area (Å²) in [6.07, 6.45) is 1.57. The van der Waals surface area contributed by atoms with Crippen LogP contribution in [0.25, 0.3) is 0 Å². The summed E-state index contributed by atoms with van der Waals surface area (Å²) in [6, 6.07) is 5.22. The third-order valence-corrected chi connectivity index (χ3v) is 5.31. The lowest BCUT2D eigenvalue weighted by molar-refractivity contribution is 0.167. The monoisotopic (exact) mass is 348 g/mol. The molecule has 8 heteroatoms. The minimum atomic E-state index is -3.61. The normalized spacial score (nSPS) is 24.4. The molecule has 1 aromatic carbocycles. The van der Waals surface area contributed by atoms with Crippen molar-refractivity contribution in [2.45, 2.75) is 36.7 Å². The Balaban J connectivity index is 0.00000176. The number of hydrogen-bond donors (Lipinski definition) is 2. The molecular weight excluding hydrogens is 328 g/mol.